The molecule has 3 saturated heterocycles. The molecule has 3 saturated carbocycles. The van der Waals surface area contributed by atoms with Crippen LogP contribution in [0.25, 0.3) is 0 Å². The second kappa shape index (κ2) is 31.2. The maximum absolute atomic E-state index is 13.6. The van der Waals surface area contributed by atoms with E-state index in [-0.39, 0.29) is 72.9 Å². The number of hydrogen-bond acceptors (Lipinski definition) is 19. The Morgan fingerprint density at radius 3 is 1.09 bits per heavy atom. The molecule has 0 spiro atoms. The van der Waals surface area contributed by atoms with E-state index in [4.69, 9.17) is 64.6 Å². The molecule has 6 rings (SSSR count). The van der Waals surface area contributed by atoms with Crippen molar-refractivity contribution >= 4 is 17.9 Å². The molecule has 21 atom stereocenters. The molecular weight excluding hydrogens is 983 g/mol. The van der Waals surface area contributed by atoms with Crippen molar-refractivity contribution in [1.29, 1.82) is 0 Å². The van der Waals surface area contributed by atoms with E-state index in [1.807, 2.05) is 0 Å². The molecule has 0 radical (unpaired) electrons. The van der Waals surface area contributed by atoms with Gasteiger partial charge in [-0.05, 0) is 84.0 Å². The molecule has 19 nitrogen and oxygen atoms in total. The van der Waals surface area contributed by atoms with Crippen molar-refractivity contribution in [1.82, 2.24) is 0 Å². The Bertz CT molecular complexity index is 1730. The standard InChI is InChI=1S/C57H101N3O16/c1-8-11-14-17-20-23-34-26-37(34)52(64)67-29-40-49(70-32(4)5)46(61)44(59)56(73-40)76-51-42(31-69-54(66)39-28-36(39)25-22-19-16-13-10-3)74-57(45(60)48(51)63)75-50-41(72-55(71-33(6)7)43(58)47(50)62)30-68-53(65)38-27-35(38)24-21-18-15-12-9-2/h32-51,55-57,61-63H,8-31,58-60H2,1-7H3/t34?,35?,36?,37?,38?,39?,40?,41?,42?,43?,44?,45?,46-,47-,48-,49-,50-,51-,55+,56-,57-/m0/s1. The molecule has 19 heteroatoms. The highest BCUT2D eigenvalue weighted by atomic mass is 16.8. The molecule has 76 heavy (non-hydrogen) atoms. The summed E-state index contributed by atoms with van der Waals surface area (Å²) in [6.07, 6.45) is 5.95. The molecule has 0 amide bonds. The average molecular weight is 1080 g/mol. The van der Waals surface area contributed by atoms with Gasteiger partial charge in [0.1, 0.15) is 74.8 Å². The molecule has 0 aromatic carbocycles. The summed E-state index contributed by atoms with van der Waals surface area (Å²) in [6, 6.07) is -3.73. The van der Waals surface area contributed by atoms with Crippen LogP contribution in [0, 0.1) is 35.5 Å². The van der Waals surface area contributed by atoms with Crippen LogP contribution >= 0.6 is 0 Å². The first kappa shape index (κ1) is 63.1. The van der Waals surface area contributed by atoms with E-state index in [0.29, 0.717) is 6.42 Å². The van der Waals surface area contributed by atoms with E-state index in [2.05, 4.69) is 20.8 Å². The summed E-state index contributed by atoms with van der Waals surface area (Å²) in [6.45, 7) is 12.8. The summed E-state index contributed by atoms with van der Waals surface area (Å²) in [7, 11) is 0. The van der Waals surface area contributed by atoms with Crippen LogP contribution in [0.1, 0.15) is 183 Å². The maximum Gasteiger partial charge on any atom is 0.309 e. The monoisotopic (exact) mass is 1080 g/mol. The Hall–Kier alpha value is -2.11. The zero-order valence-electron chi connectivity index (χ0n) is 47.1. The number of nitrogens with two attached hydrogens (primary N) is 3. The van der Waals surface area contributed by atoms with Crippen molar-refractivity contribution in [2.75, 3.05) is 19.8 Å². The lowest BCUT2D eigenvalue weighted by atomic mass is 9.94. The van der Waals surface area contributed by atoms with E-state index < -0.39 is 105 Å². The minimum atomic E-state index is -1.61. The number of aliphatic hydroxyl groups is 3. The Morgan fingerprint density at radius 2 is 0.750 bits per heavy atom. The Balaban J connectivity index is 1.15. The molecule has 9 N–H and O–H groups in total. The van der Waals surface area contributed by atoms with E-state index in [1.54, 1.807) is 27.7 Å². The highest BCUT2D eigenvalue weighted by Crippen LogP contribution is 2.46. The van der Waals surface area contributed by atoms with Crippen molar-refractivity contribution in [2.24, 2.45) is 52.7 Å². The Morgan fingerprint density at radius 1 is 0.447 bits per heavy atom. The predicted octanol–water partition coefficient (Wildman–Crippen LogP) is 5.83. The molecule has 3 aliphatic carbocycles. The number of ether oxygens (including phenoxy) is 10. The van der Waals surface area contributed by atoms with Gasteiger partial charge in [0, 0.05) is 0 Å². The third-order valence-electron chi connectivity index (χ3n) is 16.5. The molecule has 0 aromatic heterocycles. The molecule has 6 aliphatic rings. The average Bonchev–Trinajstić information content (AvgIpc) is 4.31. The first-order valence-corrected chi connectivity index (χ1v) is 29.9. The van der Waals surface area contributed by atoms with Gasteiger partial charge in [-0.25, -0.2) is 0 Å². The third-order valence-corrected chi connectivity index (χ3v) is 16.5. The fourth-order valence-corrected chi connectivity index (χ4v) is 11.4. The van der Waals surface area contributed by atoms with Gasteiger partial charge in [-0.3, -0.25) is 14.4 Å². The third kappa shape index (κ3) is 18.5. The first-order chi connectivity index (χ1) is 36.5. The second-order valence-electron chi connectivity index (χ2n) is 23.7. The topological polar surface area (TPSA) is 282 Å². The van der Waals surface area contributed by atoms with Gasteiger partial charge in [-0.2, -0.15) is 0 Å². The molecule has 12 unspecified atom stereocenters. The number of esters is 3. The summed E-state index contributed by atoms with van der Waals surface area (Å²) < 4.78 is 61.8. The van der Waals surface area contributed by atoms with Crippen LogP contribution in [0.2, 0.25) is 0 Å². The van der Waals surface area contributed by atoms with Gasteiger partial charge in [0.05, 0.1) is 48.1 Å². The van der Waals surface area contributed by atoms with Gasteiger partial charge < -0.3 is 79.9 Å². The van der Waals surface area contributed by atoms with Crippen molar-refractivity contribution in [3.63, 3.8) is 0 Å². The largest absolute Gasteiger partial charge is 0.463 e. The molecule has 440 valence electrons. The number of aliphatic hydroxyl groups excluding tert-OH is 3. The van der Waals surface area contributed by atoms with Crippen molar-refractivity contribution in [2.45, 2.75) is 287 Å². The van der Waals surface area contributed by atoms with Crippen LogP contribution in [0.5, 0.6) is 0 Å². The minimum absolute atomic E-state index is 0.202. The fraction of sp³-hybridized carbons (Fsp3) is 0.947. The van der Waals surface area contributed by atoms with Crippen LogP contribution in [-0.2, 0) is 61.8 Å². The van der Waals surface area contributed by atoms with Crippen LogP contribution < -0.4 is 17.2 Å². The van der Waals surface area contributed by atoms with Crippen LogP contribution in [0.4, 0.5) is 0 Å². The van der Waals surface area contributed by atoms with Gasteiger partial charge in [0.25, 0.3) is 0 Å². The summed E-state index contributed by atoms with van der Waals surface area (Å²) in [4.78, 5) is 40.3. The number of carbonyl (C=O) groups is 3. The maximum atomic E-state index is 13.6. The normalized spacial score (nSPS) is 38.0. The number of rotatable bonds is 35. The number of hydrogen-bond donors (Lipinski definition) is 6. The highest BCUT2D eigenvalue weighted by molar-refractivity contribution is 5.76. The van der Waals surface area contributed by atoms with Gasteiger partial charge in [0.2, 0.25) is 0 Å². The fourth-order valence-electron chi connectivity index (χ4n) is 11.4. The Kier molecular flexibility index (Phi) is 25.9. The number of unbranched alkanes of at least 4 members (excludes halogenated alkanes) is 12. The quantitative estimate of drug-likeness (QED) is 0.0247. The molecule has 0 aromatic rings. The van der Waals surface area contributed by atoms with Gasteiger partial charge >= 0.3 is 17.9 Å². The molecule has 6 fully saturated rings. The van der Waals surface area contributed by atoms with Crippen LogP contribution in [-0.4, -0.2) is 157 Å². The zero-order chi connectivity index (χ0) is 55.1. The summed E-state index contributed by atoms with van der Waals surface area (Å²) in [5.41, 5.74) is 20.0. The van der Waals surface area contributed by atoms with Crippen LogP contribution in [0.3, 0.4) is 0 Å². The summed E-state index contributed by atoms with van der Waals surface area (Å²) in [5, 5.41) is 35.7. The summed E-state index contributed by atoms with van der Waals surface area (Å²) in [5.74, 6) is -1.08. The van der Waals surface area contributed by atoms with Crippen molar-refractivity contribution in [3.05, 3.63) is 0 Å². The van der Waals surface area contributed by atoms with E-state index in [0.717, 1.165) is 89.9 Å². The minimum Gasteiger partial charge on any atom is -0.463 e. The van der Waals surface area contributed by atoms with Crippen molar-refractivity contribution in [3.8, 4) is 0 Å². The SMILES string of the molecule is CCCCCCCC1CC1C(=O)OCC1O[C@@H](O[C@H]2C(COC(=O)C3CC3CCCCCCC)O[C@@H](O[C@H]3C(COC(=O)C4CC4CCCCCCC)O[C@@H](OC(C)C)C(N)[C@@H]3O)C(N)[C@@H]2O)C(N)[C@H](O)[C@H]1OC(C)C. The second-order valence-corrected chi connectivity index (χ2v) is 23.7. The highest BCUT2D eigenvalue weighted by Gasteiger charge is 2.55. The van der Waals surface area contributed by atoms with Gasteiger partial charge in [-0.15, -0.1) is 0 Å². The number of carbonyl (C=O) groups excluding carboxylic acids is 3. The predicted molar refractivity (Wildman–Crippen MR) is 282 cm³/mol. The van der Waals surface area contributed by atoms with E-state index in [1.165, 1.54) is 38.5 Å². The summed E-state index contributed by atoms with van der Waals surface area (Å²) >= 11 is 0. The smallest absolute Gasteiger partial charge is 0.309 e. The molecule has 3 heterocycles. The Labute approximate surface area is 453 Å². The van der Waals surface area contributed by atoms with Gasteiger partial charge in [-0.1, -0.05) is 117 Å². The van der Waals surface area contributed by atoms with Crippen LogP contribution in [0.15, 0.2) is 0 Å². The lowest BCUT2D eigenvalue weighted by Gasteiger charge is -2.49. The lowest BCUT2D eigenvalue weighted by molar-refractivity contribution is -0.353. The molecular formula is C57H101N3O16. The van der Waals surface area contributed by atoms with Gasteiger partial charge in [0.15, 0.2) is 18.9 Å². The first-order valence-electron chi connectivity index (χ1n) is 29.9. The molecule has 3 aliphatic heterocycles. The lowest BCUT2D eigenvalue weighted by Crippen LogP contribution is -2.70. The zero-order valence-corrected chi connectivity index (χ0v) is 47.1. The van der Waals surface area contributed by atoms with Crippen molar-refractivity contribution < 1.29 is 77.1 Å². The molecule has 0 bridgehead atoms. The van der Waals surface area contributed by atoms with E-state index >= 15 is 0 Å². The van der Waals surface area contributed by atoms with E-state index in [9.17, 15) is 29.7 Å².